The number of piperazine rings is 1. The summed E-state index contributed by atoms with van der Waals surface area (Å²) in [7, 11) is 0. The number of amides is 4. The zero-order valence-electron chi connectivity index (χ0n) is 23.2. The zero-order valence-corrected chi connectivity index (χ0v) is 23.2. The van der Waals surface area contributed by atoms with Gasteiger partial charge in [-0.2, -0.15) is 5.01 Å². The van der Waals surface area contributed by atoms with E-state index >= 15 is 0 Å². The molecule has 42 heavy (non-hydrogen) atoms. The van der Waals surface area contributed by atoms with Crippen molar-refractivity contribution < 1.29 is 14.4 Å². The number of nitrogens with zero attached hydrogens (tertiary/aromatic N) is 5. The second kappa shape index (κ2) is 11.8. The van der Waals surface area contributed by atoms with Crippen LogP contribution < -0.4 is 5.32 Å². The summed E-state index contributed by atoms with van der Waals surface area (Å²) >= 11 is 0. The average molecular weight is 561 g/mol. The number of hydrogen-bond acceptors (Lipinski definition) is 5. The molecule has 212 valence electrons. The SMILES string of the molecule is C=CCN(C(=O)NCc1ccccc1)N1CC(=O)N2[C@@H](c3ccccc3)C(=O)N(Cc3cccc4ncccc34)C[C@@H]21. The molecule has 0 saturated carbocycles. The van der Waals surface area contributed by atoms with Crippen molar-refractivity contribution in [2.24, 2.45) is 0 Å². The fourth-order valence-corrected chi connectivity index (χ4v) is 5.84. The van der Waals surface area contributed by atoms with Crippen LogP contribution in [0.3, 0.4) is 0 Å². The molecular formula is C33H32N6O3. The molecule has 2 saturated heterocycles. The molecule has 0 radical (unpaired) electrons. The molecule has 6 rings (SSSR count). The average Bonchev–Trinajstić information content (AvgIpc) is 3.35. The number of hydrazine groups is 1. The molecule has 0 spiro atoms. The minimum absolute atomic E-state index is 0.0279. The first kappa shape index (κ1) is 27.2. The highest BCUT2D eigenvalue weighted by atomic mass is 16.2. The number of carbonyl (C=O) groups excluding carboxylic acids is 3. The van der Waals surface area contributed by atoms with E-state index in [0.29, 0.717) is 13.1 Å². The van der Waals surface area contributed by atoms with Crippen molar-refractivity contribution in [1.29, 1.82) is 0 Å². The molecule has 2 atom stereocenters. The lowest BCUT2D eigenvalue weighted by Crippen LogP contribution is -2.62. The summed E-state index contributed by atoms with van der Waals surface area (Å²) in [6, 6.07) is 27.6. The van der Waals surface area contributed by atoms with E-state index in [2.05, 4.69) is 16.9 Å². The Balaban J connectivity index is 1.33. The van der Waals surface area contributed by atoms with Crippen molar-refractivity contribution in [2.75, 3.05) is 19.6 Å². The van der Waals surface area contributed by atoms with E-state index in [9.17, 15) is 14.4 Å². The zero-order chi connectivity index (χ0) is 29.1. The van der Waals surface area contributed by atoms with Crippen LogP contribution in [0.25, 0.3) is 10.9 Å². The predicted octanol–water partition coefficient (Wildman–Crippen LogP) is 4.10. The van der Waals surface area contributed by atoms with E-state index in [-0.39, 0.29) is 37.5 Å². The first-order valence-corrected chi connectivity index (χ1v) is 14.0. The Kier molecular flexibility index (Phi) is 7.66. The summed E-state index contributed by atoms with van der Waals surface area (Å²) < 4.78 is 0. The van der Waals surface area contributed by atoms with Gasteiger partial charge in [0.1, 0.15) is 12.2 Å². The van der Waals surface area contributed by atoms with Crippen molar-refractivity contribution in [3.63, 3.8) is 0 Å². The standard InChI is InChI=1S/C33H32N6O3/c1-2-19-37(33(42)35-20-24-11-5-3-6-12-24)38-23-30(40)39-29(38)22-36(32(41)31(39)25-13-7-4-8-14-25)21-26-15-9-17-28-27(26)16-10-18-34-28/h2-18,29,31H,1,19-23H2,(H,35,42)/t29-,31+/m1/s1. The van der Waals surface area contributed by atoms with E-state index in [1.54, 1.807) is 27.1 Å². The molecular weight excluding hydrogens is 528 g/mol. The van der Waals surface area contributed by atoms with Gasteiger partial charge in [0, 0.05) is 24.7 Å². The largest absolute Gasteiger partial charge is 0.333 e. The maximum absolute atomic E-state index is 14.1. The molecule has 4 amide bonds. The third kappa shape index (κ3) is 5.22. The van der Waals surface area contributed by atoms with Gasteiger partial charge in [-0.05, 0) is 28.8 Å². The van der Waals surface area contributed by atoms with Crippen LogP contribution in [-0.4, -0.2) is 68.4 Å². The molecule has 1 N–H and O–H groups in total. The smallest absolute Gasteiger partial charge is 0.332 e. The molecule has 4 aromatic rings. The van der Waals surface area contributed by atoms with Crippen LogP contribution in [-0.2, 0) is 22.7 Å². The highest BCUT2D eigenvalue weighted by Gasteiger charge is 2.52. The molecule has 1 aromatic heterocycles. The van der Waals surface area contributed by atoms with E-state index in [1.807, 2.05) is 91.0 Å². The first-order valence-electron chi connectivity index (χ1n) is 14.0. The maximum atomic E-state index is 14.1. The van der Waals surface area contributed by atoms with Crippen molar-refractivity contribution in [1.82, 2.24) is 30.1 Å². The fraction of sp³-hybridized carbons (Fsp3) is 0.212. The number of urea groups is 1. The molecule has 2 aliphatic heterocycles. The van der Waals surface area contributed by atoms with Crippen molar-refractivity contribution in [3.8, 4) is 0 Å². The number of carbonyl (C=O) groups is 3. The predicted molar refractivity (Wildman–Crippen MR) is 159 cm³/mol. The number of rotatable bonds is 8. The number of pyridine rings is 1. The summed E-state index contributed by atoms with van der Waals surface area (Å²) in [5, 5.41) is 7.24. The van der Waals surface area contributed by atoms with E-state index in [1.165, 1.54) is 5.01 Å². The number of benzene rings is 3. The number of fused-ring (bicyclic) bond motifs is 2. The second-order valence-corrected chi connectivity index (χ2v) is 10.4. The lowest BCUT2D eigenvalue weighted by atomic mass is 9.99. The summed E-state index contributed by atoms with van der Waals surface area (Å²) in [5.41, 5.74) is 3.52. The topological polar surface area (TPSA) is 89.1 Å². The summed E-state index contributed by atoms with van der Waals surface area (Å²) in [6.07, 6.45) is 2.84. The van der Waals surface area contributed by atoms with Crippen molar-refractivity contribution >= 4 is 28.7 Å². The van der Waals surface area contributed by atoms with Crippen LogP contribution in [0.1, 0.15) is 22.7 Å². The van der Waals surface area contributed by atoms with Gasteiger partial charge in [0.25, 0.3) is 5.91 Å². The Hall–Kier alpha value is -5.02. The van der Waals surface area contributed by atoms with Crippen LogP contribution in [0.5, 0.6) is 0 Å². The molecule has 0 unspecified atom stereocenters. The summed E-state index contributed by atoms with van der Waals surface area (Å²) in [5.74, 6) is -0.363. The number of hydrogen-bond donors (Lipinski definition) is 1. The molecule has 2 fully saturated rings. The van der Waals surface area contributed by atoms with Crippen molar-refractivity contribution in [2.45, 2.75) is 25.3 Å². The molecule has 0 aliphatic carbocycles. The normalized spacial score (nSPS) is 18.7. The van der Waals surface area contributed by atoms with Gasteiger partial charge in [-0.15, -0.1) is 6.58 Å². The first-order chi connectivity index (χ1) is 20.5. The molecule has 9 heteroatoms. The van der Waals surface area contributed by atoms with Gasteiger partial charge in [0.2, 0.25) is 5.91 Å². The second-order valence-electron chi connectivity index (χ2n) is 10.4. The van der Waals surface area contributed by atoms with Crippen LogP contribution in [0, 0.1) is 0 Å². The van der Waals surface area contributed by atoms with E-state index in [0.717, 1.165) is 27.6 Å². The summed E-state index contributed by atoms with van der Waals surface area (Å²) in [6.45, 7) is 4.96. The van der Waals surface area contributed by atoms with Gasteiger partial charge in [0.15, 0.2) is 0 Å². The third-order valence-electron chi connectivity index (χ3n) is 7.80. The quantitative estimate of drug-likeness (QED) is 0.328. The Labute approximate surface area is 244 Å². The number of aromatic nitrogens is 1. The van der Waals surface area contributed by atoms with Crippen LogP contribution in [0.2, 0.25) is 0 Å². The molecule has 0 bridgehead atoms. The van der Waals surface area contributed by atoms with E-state index in [4.69, 9.17) is 0 Å². The Morgan fingerprint density at radius 2 is 1.74 bits per heavy atom. The highest BCUT2D eigenvalue weighted by Crippen LogP contribution is 2.36. The van der Waals surface area contributed by atoms with Gasteiger partial charge < -0.3 is 15.1 Å². The Morgan fingerprint density at radius 1 is 0.976 bits per heavy atom. The Morgan fingerprint density at radius 3 is 2.50 bits per heavy atom. The molecule has 3 heterocycles. The van der Waals surface area contributed by atoms with E-state index < -0.39 is 12.2 Å². The molecule has 2 aliphatic rings. The molecule has 9 nitrogen and oxygen atoms in total. The van der Waals surface area contributed by atoms with Gasteiger partial charge in [-0.3, -0.25) is 19.6 Å². The van der Waals surface area contributed by atoms with Gasteiger partial charge in [-0.1, -0.05) is 84.9 Å². The highest BCUT2D eigenvalue weighted by molar-refractivity contribution is 5.93. The minimum atomic E-state index is -0.812. The van der Waals surface area contributed by atoms with Crippen LogP contribution in [0.15, 0.2) is 110 Å². The Bertz CT molecular complexity index is 1610. The van der Waals surface area contributed by atoms with Gasteiger partial charge >= 0.3 is 6.03 Å². The van der Waals surface area contributed by atoms with Crippen molar-refractivity contribution in [3.05, 3.63) is 127 Å². The van der Waals surface area contributed by atoms with Crippen LogP contribution >= 0.6 is 0 Å². The van der Waals surface area contributed by atoms with Gasteiger partial charge in [0.05, 0.1) is 25.2 Å². The third-order valence-corrected chi connectivity index (χ3v) is 7.80. The van der Waals surface area contributed by atoms with Gasteiger partial charge in [-0.25, -0.2) is 4.79 Å². The minimum Gasteiger partial charge on any atom is -0.333 e. The van der Waals surface area contributed by atoms with Crippen LogP contribution in [0.4, 0.5) is 4.79 Å². The molecule has 3 aromatic carbocycles. The lowest BCUT2D eigenvalue weighted by Gasteiger charge is -2.46. The maximum Gasteiger partial charge on any atom is 0.332 e. The fourth-order valence-electron chi connectivity index (χ4n) is 5.84. The lowest BCUT2D eigenvalue weighted by molar-refractivity contribution is -0.158. The summed E-state index contributed by atoms with van der Waals surface area (Å²) in [4.78, 5) is 49.2. The number of nitrogens with one attached hydrogen (secondary N) is 1. The monoisotopic (exact) mass is 560 g/mol.